The highest BCUT2D eigenvalue weighted by molar-refractivity contribution is 7.89. The lowest BCUT2D eigenvalue weighted by atomic mass is 10.2. The van der Waals surface area contributed by atoms with Crippen LogP contribution in [0.1, 0.15) is 35.9 Å². The molecule has 2 N–H and O–H groups in total. The van der Waals surface area contributed by atoms with Gasteiger partial charge in [-0.1, -0.05) is 11.6 Å². The van der Waals surface area contributed by atoms with Gasteiger partial charge < -0.3 is 14.6 Å². The number of hydrogen-bond acceptors (Lipinski definition) is 6. The number of aromatic nitrogens is 2. The van der Waals surface area contributed by atoms with E-state index in [0.29, 0.717) is 28.3 Å². The number of carbonyl (C=O) groups excluding carboxylic acids is 1. The molecule has 1 aromatic heterocycles. The molecule has 3 aromatic rings. The molecule has 1 amide bonds. The molecule has 0 bridgehead atoms. The number of rotatable bonds is 8. The van der Waals surface area contributed by atoms with E-state index in [-0.39, 0.29) is 34.4 Å². The number of fused-ring (bicyclic) bond motifs is 1. The summed E-state index contributed by atoms with van der Waals surface area (Å²) in [4.78, 5) is 34.1. The SMILES string of the molecule is CCN(Cc1nc2cc(Cl)ccc2c(=O)[nH]1)C(=O)c1ccc(OC)c(S(=O)(=O)NC2CC2)c1. The number of aromatic amines is 1. The average Bonchev–Trinajstić information content (AvgIpc) is 3.59. The summed E-state index contributed by atoms with van der Waals surface area (Å²) in [5.74, 6) is 0.0405. The second-order valence-corrected chi connectivity index (χ2v) is 9.87. The lowest BCUT2D eigenvalue weighted by molar-refractivity contribution is 0.0748. The maximum Gasteiger partial charge on any atom is 0.258 e. The fourth-order valence-corrected chi connectivity index (χ4v) is 5.10. The maximum atomic E-state index is 13.2. The van der Waals surface area contributed by atoms with Gasteiger partial charge in [-0.3, -0.25) is 9.59 Å². The van der Waals surface area contributed by atoms with Crippen molar-refractivity contribution >= 4 is 38.4 Å². The van der Waals surface area contributed by atoms with Crippen LogP contribution in [0.25, 0.3) is 10.9 Å². The van der Waals surface area contributed by atoms with Crippen LogP contribution in [0.15, 0.2) is 46.1 Å². The molecule has 11 heteroatoms. The number of ether oxygens (including phenoxy) is 1. The maximum absolute atomic E-state index is 13.2. The number of halogens is 1. The molecular formula is C22H23ClN4O5S. The second kappa shape index (κ2) is 9.12. The number of sulfonamides is 1. The fraction of sp³-hybridized carbons (Fsp3) is 0.318. The quantitative estimate of drug-likeness (QED) is 0.500. The minimum atomic E-state index is -3.84. The van der Waals surface area contributed by atoms with Gasteiger partial charge in [-0.05, 0) is 56.2 Å². The molecule has 0 radical (unpaired) electrons. The number of nitrogens with one attached hydrogen (secondary N) is 2. The monoisotopic (exact) mass is 490 g/mol. The van der Waals surface area contributed by atoms with E-state index in [0.717, 1.165) is 12.8 Å². The predicted molar refractivity (Wildman–Crippen MR) is 124 cm³/mol. The molecule has 33 heavy (non-hydrogen) atoms. The van der Waals surface area contributed by atoms with E-state index < -0.39 is 15.9 Å². The Morgan fingerprint density at radius 1 is 1.27 bits per heavy atom. The predicted octanol–water partition coefficient (Wildman–Crippen LogP) is 2.69. The van der Waals surface area contributed by atoms with Gasteiger partial charge in [0.25, 0.3) is 11.5 Å². The molecule has 0 saturated heterocycles. The molecular weight excluding hydrogens is 468 g/mol. The first-order chi connectivity index (χ1) is 15.7. The summed E-state index contributed by atoms with van der Waals surface area (Å²) in [6, 6.07) is 8.97. The van der Waals surface area contributed by atoms with Crippen molar-refractivity contribution in [1.29, 1.82) is 0 Å². The van der Waals surface area contributed by atoms with Crippen LogP contribution in [0.4, 0.5) is 0 Å². The van der Waals surface area contributed by atoms with Gasteiger partial charge in [0.15, 0.2) is 0 Å². The molecule has 0 spiro atoms. The Labute approximate surface area is 195 Å². The molecule has 1 heterocycles. The Hall–Kier alpha value is -2.95. The van der Waals surface area contributed by atoms with Crippen LogP contribution in [-0.4, -0.2) is 48.9 Å². The molecule has 1 aliphatic carbocycles. The minimum Gasteiger partial charge on any atom is -0.495 e. The van der Waals surface area contributed by atoms with Crippen molar-refractivity contribution in [3.05, 3.63) is 63.2 Å². The topological polar surface area (TPSA) is 121 Å². The lowest BCUT2D eigenvalue weighted by Gasteiger charge is -2.21. The van der Waals surface area contributed by atoms with Gasteiger partial charge in [-0.25, -0.2) is 18.1 Å². The van der Waals surface area contributed by atoms with Crippen LogP contribution in [0.3, 0.4) is 0 Å². The Morgan fingerprint density at radius 3 is 2.70 bits per heavy atom. The lowest BCUT2D eigenvalue weighted by Crippen LogP contribution is -2.32. The number of carbonyl (C=O) groups is 1. The summed E-state index contributed by atoms with van der Waals surface area (Å²) in [5, 5.41) is 0.840. The van der Waals surface area contributed by atoms with Gasteiger partial charge in [0, 0.05) is 23.2 Å². The van der Waals surface area contributed by atoms with Gasteiger partial charge in [0.05, 0.1) is 24.6 Å². The summed E-state index contributed by atoms with van der Waals surface area (Å²) in [5.41, 5.74) is 0.271. The van der Waals surface area contributed by atoms with Crippen LogP contribution in [0.5, 0.6) is 5.75 Å². The van der Waals surface area contributed by atoms with Gasteiger partial charge in [0.2, 0.25) is 10.0 Å². The molecule has 0 unspecified atom stereocenters. The first kappa shape index (κ1) is 23.2. The molecule has 4 rings (SSSR count). The standard InChI is InChI=1S/C22H23ClN4O5S/c1-3-27(12-20-24-17-11-14(23)5-8-16(17)21(28)25-20)22(29)13-4-9-18(32-2)19(10-13)33(30,31)26-15-6-7-15/h4-5,8-11,15,26H,3,6-7,12H2,1-2H3,(H,24,25,28). The van der Waals surface area contributed by atoms with E-state index in [2.05, 4.69) is 14.7 Å². The third-order valence-corrected chi connectivity index (χ3v) is 7.10. The zero-order valence-corrected chi connectivity index (χ0v) is 19.7. The molecule has 1 saturated carbocycles. The second-order valence-electron chi connectivity index (χ2n) is 7.75. The zero-order valence-electron chi connectivity index (χ0n) is 18.1. The number of benzene rings is 2. The Kier molecular flexibility index (Phi) is 6.42. The summed E-state index contributed by atoms with van der Waals surface area (Å²) >= 11 is 6.02. The Morgan fingerprint density at radius 2 is 2.03 bits per heavy atom. The molecule has 9 nitrogen and oxygen atoms in total. The number of methoxy groups -OCH3 is 1. The highest BCUT2D eigenvalue weighted by Crippen LogP contribution is 2.29. The van der Waals surface area contributed by atoms with Gasteiger partial charge >= 0.3 is 0 Å². The van der Waals surface area contributed by atoms with E-state index in [1.165, 1.54) is 30.2 Å². The van der Waals surface area contributed by atoms with Crippen molar-refractivity contribution in [3.8, 4) is 5.75 Å². The molecule has 1 aliphatic rings. The number of H-pyrrole nitrogens is 1. The van der Waals surface area contributed by atoms with Crippen molar-refractivity contribution in [1.82, 2.24) is 19.6 Å². The molecule has 174 valence electrons. The molecule has 0 aliphatic heterocycles. The molecule has 1 fully saturated rings. The highest BCUT2D eigenvalue weighted by atomic mass is 35.5. The Bertz CT molecular complexity index is 1390. The number of amides is 1. The van der Waals surface area contributed by atoms with E-state index >= 15 is 0 Å². The van der Waals surface area contributed by atoms with Crippen LogP contribution in [0.2, 0.25) is 5.02 Å². The third-order valence-electron chi connectivity index (χ3n) is 5.33. The third kappa shape index (κ3) is 5.02. The summed E-state index contributed by atoms with van der Waals surface area (Å²) in [6.45, 7) is 2.12. The zero-order chi connectivity index (χ0) is 23.8. The van der Waals surface area contributed by atoms with Crippen molar-refractivity contribution in [2.45, 2.75) is 37.2 Å². The van der Waals surface area contributed by atoms with Crippen molar-refractivity contribution < 1.29 is 17.9 Å². The van der Waals surface area contributed by atoms with Crippen molar-refractivity contribution in [2.75, 3.05) is 13.7 Å². The van der Waals surface area contributed by atoms with Gasteiger partial charge in [-0.15, -0.1) is 0 Å². The van der Waals surface area contributed by atoms with E-state index in [1.54, 1.807) is 25.1 Å². The van der Waals surface area contributed by atoms with Gasteiger partial charge in [0.1, 0.15) is 16.5 Å². The van der Waals surface area contributed by atoms with E-state index in [9.17, 15) is 18.0 Å². The summed E-state index contributed by atoms with van der Waals surface area (Å²) in [6.07, 6.45) is 1.57. The van der Waals surface area contributed by atoms with Crippen LogP contribution >= 0.6 is 11.6 Å². The average molecular weight is 491 g/mol. The first-order valence-electron chi connectivity index (χ1n) is 10.4. The number of hydrogen-bond donors (Lipinski definition) is 2. The normalized spacial score (nSPS) is 13.8. The van der Waals surface area contributed by atoms with Crippen LogP contribution < -0.4 is 15.0 Å². The van der Waals surface area contributed by atoms with E-state index in [1.807, 2.05) is 0 Å². The highest BCUT2D eigenvalue weighted by Gasteiger charge is 2.30. The fourth-order valence-electron chi connectivity index (χ4n) is 3.43. The molecule has 0 atom stereocenters. The molecule has 2 aromatic carbocycles. The summed E-state index contributed by atoms with van der Waals surface area (Å²) in [7, 11) is -2.46. The Balaban J connectivity index is 1.64. The van der Waals surface area contributed by atoms with Gasteiger partial charge in [-0.2, -0.15) is 0 Å². The summed E-state index contributed by atoms with van der Waals surface area (Å²) < 4.78 is 33.4. The largest absolute Gasteiger partial charge is 0.495 e. The van der Waals surface area contributed by atoms with Crippen molar-refractivity contribution in [3.63, 3.8) is 0 Å². The smallest absolute Gasteiger partial charge is 0.258 e. The van der Waals surface area contributed by atoms with Crippen molar-refractivity contribution in [2.24, 2.45) is 0 Å². The van der Waals surface area contributed by atoms with Crippen LogP contribution in [-0.2, 0) is 16.6 Å². The minimum absolute atomic E-state index is 0.0292. The van der Waals surface area contributed by atoms with Crippen LogP contribution in [0, 0.1) is 0 Å². The van der Waals surface area contributed by atoms with E-state index in [4.69, 9.17) is 16.3 Å². The first-order valence-corrected chi connectivity index (χ1v) is 12.3. The number of nitrogens with zero attached hydrogens (tertiary/aromatic N) is 2.